The molecule has 0 saturated carbocycles. The van der Waals surface area contributed by atoms with Crippen molar-refractivity contribution in [3.8, 4) is 0 Å². The molecule has 0 aromatic rings. The van der Waals surface area contributed by atoms with E-state index >= 15 is 0 Å². The van der Waals surface area contributed by atoms with Crippen LogP contribution in [-0.2, 0) is 47.3 Å². The molecule has 58 heteroatoms. The summed E-state index contributed by atoms with van der Waals surface area (Å²) in [5.41, 5.74) is 0. The quantitative estimate of drug-likeness (QED) is 0.203. The van der Waals surface area contributed by atoms with E-state index in [1.54, 1.807) is 0 Å². The second-order valence-corrected chi connectivity index (χ2v) is 12.5. The molecule has 0 unspecified atom stereocenters. The average molecular weight is 1410 g/mol. The summed E-state index contributed by atoms with van der Waals surface area (Å²) in [6.45, 7) is 0. The summed E-state index contributed by atoms with van der Waals surface area (Å²) in [6, 6.07) is 0. The van der Waals surface area contributed by atoms with E-state index in [9.17, 15) is 0 Å². The van der Waals surface area contributed by atoms with Gasteiger partial charge in [0, 0.05) is 0 Å². The maximum absolute atomic E-state index is 8.49. The van der Waals surface area contributed by atoms with Crippen molar-refractivity contribution in [1.82, 2.24) is 0 Å². The third kappa shape index (κ3) is 10000. The standard InChI is InChI=1S/11ClHO4.K.W.Zr/c11*2-1(3,4)5;;;/h11*(H,2,3,4,5);;;/q;;;;;;;;;;;+1;+6;+4/p-11. The van der Waals surface area contributed by atoms with Crippen molar-refractivity contribution >= 4 is 0 Å². The van der Waals surface area contributed by atoms with Crippen molar-refractivity contribution in [2.75, 3.05) is 0 Å². The van der Waals surface area contributed by atoms with Crippen LogP contribution in [-0.4, -0.2) is 0 Å². The Bertz CT molecular complexity index is 460. The van der Waals surface area contributed by atoms with Gasteiger partial charge in [-0.25, -0.2) is 205 Å². The van der Waals surface area contributed by atoms with Gasteiger partial charge in [0.15, 0.2) is 0 Å². The molecule has 58 heavy (non-hydrogen) atoms. The normalized spacial score (nSPS) is 11.4. The fourth-order valence-corrected chi connectivity index (χ4v) is 0. The molecular formula is Cl11KO44WZr. The number of rotatable bonds is 0. The predicted octanol–water partition coefficient (Wildman–Crippen LogP) is -55.3. The third-order valence-electron chi connectivity index (χ3n) is 0. The molecule has 0 aromatic heterocycles. The van der Waals surface area contributed by atoms with Crippen molar-refractivity contribution in [1.29, 1.82) is 0 Å². The van der Waals surface area contributed by atoms with Crippen LogP contribution >= 0.6 is 0 Å². The van der Waals surface area contributed by atoms with Crippen molar-refractivity contribution in [2.24, 2.45) is 0 Å². The summed E-state index contributed by atoms with van der Waals surface area (Å²) < 4.78 is 374. The van der Waals surface area contributed by atoms with E-state index in [0.717, 1.165) is 0 Å². The Balaban J connectivity index is -0.0000000304. The van der Waals surface area contributed by atoms with Gasteiger partial charge in [-0.05, 0) is 0 Å². The molecule has 0 radical (unpaired) electrons. The van der Waals surface area contributed by atoms with Gasteiger partial charge in [0.25, 0.3) is 0 Å². The first-order chi connectivity index (χ1) is 22.0. The molecule has 0 aliphatic carbocycles. The molecule has 0 heterocycles. The summed E-state index contributed by atoms with van der Waals surface area (Å²) in [6.07, 6.45) is 0. The van der Waals surface area contributed by atoms with E-state index in [1.807, 2.05) is 0 Å². The van der Waals surface area contributed by atoms with Gasteiger partial charge < -0.3 is 0 Å². The Morgan fingerprint density at radius 3 is 0.121 bits per heavy atom. The predicted molar refractivity (Wildman–Crippen MR) is 0 cm³/mol. The van der Waals surface area contributed by atoms with Crippen molar-refractivity contribution in [3.63, 3.8) is 0 Å². The van der Waals surface area contributed by atoms with E-state index in [0.29, 0.717) is 0 Å². The third-order valence-corrected chi connectivity index (χ3v) is 0. The Hall–Kier alpha value is 4.64. The average Bonchev–Trinajstić information content (AvgIpc) is 2.41. The molecule has 0 bridgehead atoms. The minimum atomic E-state index is -4.94. The van der Waals surface area contributed by atoms with E-state index in [2.05, 4.69) is 0 Å². The fourth-order valence-electron chi connectivity index (χ4n) is 0. The van der Waals surface area contributed by atoms with Gasteiger partial charge in [-0.3, -0.25) is 0 Å². The number of hydrogen-bond donors (Lipinski definition) is 0. The molecule has 0 atom stereocenters. The van der Waals surface area contributed by atoms with Gasteiger partial charge in [0.2, 0.25) is 0 Å². The molecule has 44 nitrogen and oxygen atoms in total. The van der Waals surface area contributed by atoms with Crippen LogP contribution in [0, 0.1) is 113 Å². The van der Waals surface area contributed by atoms with E-state index in [4.69, 9.17) is 205 Å². The SMILES string of the molecule is [K+].[O-][Cl+3]([O-])([O-])[O-].[O-][Cl+3]([O-])([O-])[O-].[O-][Cl+3]([O-])([O-])[O-].[O-][Cl+3]([O-])([O-])[O-].[O-][Cl+3]([O-])([O-])[O-].[O-][Cl+3]([O-])([O-])[O-].[O-][Cl+3]([O-])([O-])[O-].[O-][Cl+3]([O-])([O-])[O-].[O-][Cl+3]([O-])([O-])[O-].[O-][Cl+3]([O-])([O-])[O-].[O-][Cl+3]([O-])([O-])[O-].[W+6].[Zr+4]. The zero-order valence-corrected chi connectivity index (χ0v) is 40.9. The van der Waals surface area contributed by atoms with Crippen LogP contribution < -0.4 is 256 Å². The molecule has 0 N–H and O–H groups in total. The summed E-state index contributed by atoms with van der Waals surface area (Å²) in [5, 5.41) is 0. The Morgan fingerprint density at radius 1 is 0.121 bits per heavy atom. The second-order valence-electron chi connectivity index (χ2n) is 4.16. The first-order valence-corrected chi connectivity index (χ1v) is 20.4. The van der Waals surface area contributed by atoms with Gasteiger partial charge in [0.05, 0.1) is 0 Å². The van der Waals surface area contributed by atoms with Gasteiger partial charge in [-0.15, -0.1) is 113 Å². The van der Waals surface area contributed by atoms with Crippen LogP contribution in [0.4, 0.5) is 0 Å². The summed E-state index contributed by atoms with van der Waals surface area (Å²) in [7, 11) is -54.4. The van der Waals surface area contributed by atoms with E-state index in [1.165, 1.54) is 0 Å². The minimum Gasteiger partial charge on any atom is -0.222 e. The molecular weight excluding hydrogens is 1410 g/mol. The van der Waals surface area contributed by atoms with Crippen LogP contribution in [0.3, 0.4) is 0 Å². The molecule has 0 saturated heterocycles. The monoisotopic (exact) mass is 1400 g/mol. The van der Waals surface area contributed by atoms with E-state index < -0.39 is 113 Å². The maximum atomic E-state index is 8.49. The molecule has 0 aliphatic rings. The van der Waals surface area contributed by atoms with E-state index in [-0.39, 0.29) is 98.7 Å². The van der Waals surface area contributed by atoms with Crippen LogP contribution in [0.15, 0.2) is 0 Å². The second kappa shape index (κ2) is 45.4. The summed E-state index contributed by atoms with van der Waals surface area (Å²) in [4.78, 5) is 0. The van der Waals surface area contributed by atoms with Crippen molar-refractivity contribution in [3.05, 3.63) is 0 Å². The fraction of sp³-hybridized carbons (Fsp3) is 0. The molecule has 0 amide bonds. The molecule has 0 aromatic carbocycles. The molecule has 0 rings (SSSR count). The van der Waals surface area contributed by atoms with Gasteiger partial charge >= 0.3 is 98.7 Å². The van der Waals surface area contributed by atoms with Gasteiger partial charge in [0.1, 0.15) is 0 Å². The van der Waals surface area contributed by atoms with Gasteiger partial charge in [-0.2, -0.15) is 0 Å². The van der Waals surface area contributed by atoms with Crippen LogP contribution in [0.5, 0.6) is 0 Å². The topological polar surface area (TPSA) is 1010 Å². The Morgan fingerprint density at radius 2 is 0.121 bits per heavy atom. The molecule has 0 fully saturated rings. The number of hydrogen-bond acceptors (Lipinski definition) is 44. The van der Waals surface area contributed by atoms with Gasteiger partial charge in [-0.1, -0.05) is 0 Å². The Labute approximate surface area is 411 Å². The number of halogens is 11. The van der Waals surface area contributed by atoms with Crippen LogP contribution in [0.2, 0.25) is 0 Å². The van der Waals surface area contributed by atoms with Crippen LogP contribution in [0.25, 0.3) is 0 Å². The maximum Gasteiger partial charge on any atom is 6.00 e. The zero-order chi connectivity index (χ0) is 49.5. The molecule has 352 valence electrons. The zero-order valence-electron chi connectivity index (χ0n) is 24.0. The Kier molecular flexibility index (Phi) is 78.8. The van der Waals surface area contributed by atoms with Crippen molar-refractivity contribution in [2.45, 2.75) is 0 Å². The summed E-state index contributed by atoms with van der Waals surface area (Å²) >= 11 is 0. The molecule has 0 spiro atoms. The summed E-state index contributed by atoms with van der Waals surface area (Å²) in [5.74, 6) is 0. The van der Waals surface area contributed by atoms with Crippen LogP contribution in [0.1, 0.15) is 0 Å². The smallest absolute Gasteiger partial charge is 0.222 e. The minimum absolute atomic E-state index is 0. The van der Waals surface area contributed by atoms with Crippen molar-refractivity contribution < 1.29 is 416 Å². The first kappa shape index (κ1) is 101. The largest absolute Gasteiger partial charge is 6.00 e. The first-order valence-electron chi connectivity index (χ1n) is 6.79. The molecule has 0 aliphatic heterocycles.